The Hall–Kier alpha value is -4.78. The molecule has 0 amide bonds. The first-order valence-corrected chi connectivity index (χ1v) is 11.9. The summed E-state index contributed by atoms with van der Waals surface area (Å²) < 4.78 is 32.7. The zero-order valence-corrected chi connectivity index (χ0v) is 19.4. The fourth-order valence-corrected chi connectivity index (χ4v) is 5.34. The SMILES string of the molecule is O=C1OCC2=C1C(c1ccc(-c3ccc(-c4cc(F)cc(F)c4)cc3)cc1)c1c(ccc3cn[nH]c13)N2. The largest absolute Gasteiger partial charge is 0.456 e. The van der Waals surface area contributed by atoms with E-state index in [1.165, 1.54) is 12.1 Å². The molecule has 180 valence electrons. The molecular weight excluding hydrogens is 472 g/mol. The standard InChI is InChI=1S/C30H19F2N3O2/c31-22-11-21(12-23(32)13-22)18-3-1-16(2-4-18)17-5-7-19(8-6-17)26-27-24(10-9-20-14-33-35-29(20)27)34-25-15-37-30(36)28(25)26/h1-14,26,34H,15H2,(H,33,35). The van der Waals surface area contributed by atoms with Crippen LogP contribution in [0.4, 0.5) is 14.5 Å². The molecule has 7 heteroatoms. The van der Waals surface area contributed by atoms with Gasteiger partial charge >= 0.3 is 5.97 Å². The van der Waals surface area contributed by atoms with Crippen LogP contribution in [0, 0.1) is 11.6 Å². The number of nitrogens with zero attached hydrogens (tertiary/aromatic N) is 1. The number of aromatic amines is 1. The van der Waals surface area contributed by atoms with Gasteiger partial charge in [0.05, 0.1) is 23.0 Å². The predicted octanol–water partition coefficient (Wildman–Crippen LogP) is 6.54. The lowest BCUT2D eigenvalue weighted by Gasteiger charge is -2.27. The summed E-state index contributed by atoms with van der Waals surface area (Å²) in [6, 6.07) is 23.1. The third kappa shape index (κ3) is 3.50. The summed E-state index contributed by atoms with van der Waals surface area (Å²) in [6.45, 7) is 0.227. The van der Waals surface area contributed by atoms with Gasteiger partial charge in [0, 0.05) is 28.6 Å². The van der Waals surface area contributed by atoms with Gasteiger partial charge in [-0.2, -0.15) is 5.10 Å². The minimum Gasteiger partial charge on any atom is -0.456 e. The first kappa shape index (κ1) is 21.5. The van der Waals surface area contributed by atoms with Gasteiger partial charge in [0.25, 0.3) is 0 Å². The number of nitrogens with one attached hydrogen (secondary N) is 2. The van der Waals surface area contributed by atoms with Gasteiger partial charge in [0.2, 0.25) is 0 Å². The molecule has 2 aliphatic heterocycles. The molecule has 5 nitrogen and oxygen atoms in total. The van der Waals surface area contributed by atoms with Gasteiger partial charge in [0.1, 0.15) is 18.2 Å². The lowest BCUT2D eigenvalue weighted by molar-refractivity contribution is -0.136. The van der Waals surface area contributed by atoms with Crippen molar-refractivity contribution >= 4 is 22.6 Å². The van der Waals surface area contributed by atoms with Crippen LogP contribution in [-0.2, 0) is 9.53 Å². The summed E-state index contributed by atoms with van der Waals surface area (Å²) in [6.07, 6.45) is 1.77. The van der Waals surface area contributed by atoms with Crippen LogP contribution < -0.4 is 5.32 Å². The molecule has 0 aliphatic carbocycles. The van der Waals surface area contributed by atoms with E-state index >= 15 is 0 Å². The minimum absolute atomic E-state index is 0.227. The molecule has 4 aromatic carbocycles. The van der Waals surface area contributed by atoms with Crippen LogP contribution in [0.5, 0.6) is 0 Å². The highest BCUT2D eigenvalue weighted by molar-refractivity contribution is 6.00. The fraction of sp³-hybridized carbons (Fsp3) is 0.0667. The van der Waals surface area contributed by atoms with Crippen molar-refractivity contribution in [2.45, 2.75) is 5.92 Å². The second kappa shape index (κ2) is 8.13. The molecule has 2 N–H and O–H groups in total. The summed E-state index contributed by atoms with van der Waals surface area (Å²) in [5, 5.41) is 11.6. The van der Waals surface area contributed by atoms with Crippen LogP contribution in [0.3, 0.4) is 0 Å². The van der Waals surface area contributed by atoms with Crippen molar-refractivity contribution in [2.24, 2.45) is 0 Å². The number of rotatable bonds is 3. The molecule has 1 atom stereocenters. The number of anilines is 1. The maximum absolute atomic E-state index is 13.6. The van der Waals surface area contributed by atoms with Crippen LogP contribution in [0.15, 0.2) is 96.3 Å². The molecule has 0 radical (unpaired) electrons. The van der Waals surface area contributed by atoms with Crippen molar-refractivity contribution in [3.63, 3.8) is 0 Å². The Morgan fingerprint density at radius 3 is 2.16 bits per heavy atom. The van der Waals surface area contributed by atoms with Gasteiger partial charge in [-0.05, 0) is 52.1 Å². The van der Waals surface area contributed by atoms with Gasteiger partial charge in [-0.1, -0.05) is 48.5 Å². The molecule has 3 heterocycles. The van der Waals surface area contributed by atoms with Crippen LogP contribution in [0.1, 0.15) is 17.0 Å². The lowest BCUT2D eigenvalue weighted by Crippen LogP contribution is -2.20. The molecule has 1 unspecified atom stereocenters. The number of esters is 1. The van der Waals surface area contributed by atoms with E-state index in [0.717, 1.165) is 56.2 Å². The topological polar surface area (TPSA) is 67.0 Å². The summed E-state index contributed by atoms with van der Waals surface area (Å²) in [5.74, 6) is -1.83. The Labute approximate surface area is 210 Å². The first-order valence-electron chi connectivity index (χ1n) is 11.9. The highest BCUT2D eigenvalue weighted by atomic mass is 19.1. The Morgan fingerprint density at radius 2 is 1.46 bits per heavy atom. The van der Waals surface area contributed by atoms with E-state index in [0.29, 0.717) is 11.1 Å². The van der Waals surface area contributed by atoms with Crippen molar-refractivity contribution in [3.05, 3.63) is 119 Å². The molecule has 7 rings (SSSR count). The normalized spacial score (nSPS) is 16.4. The molecule has 2 aliphatic rings. The maximum atomic E-state index is 13.6. The maximum Gasteiger partial charge on any atom is 0.337 e. The molecular formula is C30H19F2N3O2. The van der Waals surface area contributed by atoms with Crippen molar-refractivity contribution < 1.29 is 18.3 Å². The Morgan fingerprint density at radius 1 is 0.811 bits per heavy atom. The zero-order chi connectivity index (χ0) is 25.1. The Bertz CT molecular complexity index is 1720. The average Bonchev–Trinajstić information content (AvgIpc) is 3.54. The number of hydrogen-bond acceptors (Lipinski definition) is 4. The lowest BCUT2D eigenvalue weighted by atomic mass is 9.80. The van der Waals surface area contributed by atoms with Crippen molar-refractivity contribution in [1.29, 1.82) is 0 Å². The number of H-pyrrole nitrogens is 1. The van der Waals surface area contributed by atoms with Crippen molar-refractivity contribution in [1.82, 2.24) is 10.2 Å². The smallest absolute Gasteiger partial charge is 0.337 e. The summed E-state index contributed by atoms with van der Waals surface area (Å²) >= 11 is 0. The zero-order valence-electron chi connectivity index (χ0n) is 19.4. The van der Waals surface area contributed by atoms with Crippen LogP contribution in [0.25, 0.3) is 33.2 Å². The number of carbonyl (C=O) groups excluding carboxylic acids is 1. The number of carbonyl (C=O) groups is 1. The predicted molar refractivity (Wildman–Crippen MR) is 137 cm³/mol. The van der Waals surface area contributed by atoms with E-state index in [1.807, 2.05) is 60.7 Å². The van der Waals surface area contributed by atoms with Crippen LogP contribution >= 0.6 is 0 Å². The molecule has 0 fully saturated rings. The summed E-state index contributed by atoms with van der Waals surface area (Å²) in [7, 11) is 0. The van der Waals surface area contributed by atoms with E-state index < -0.39 is 11.6 Å². The van der Waals surface area contributed by atoms with Crippen LogP contribution in [0.2, 0.25) is 0 Å². The highest BCUT2D eigenvalue weighted by Gasteiger charge is 2.39. The van der Waals surface area contributed by atoms with E-state index in [9.17, 15) is 13.6 Å². The molecule has 0 saturated carbocycles. The number of hydrogen-bond donors (Lipinski definition) is 2. The number of aromatic nitrogens is 2. The summed E-state index contributed by atoms with van der Waals surface area (Å²) in [4.78, 5) is 12.8. The van der Waals surface area contributed by atoms with Crippen molar-refractivity contribution in [3.8, 4) is 22.3 Å². The molecule has 0 saturated heterocycles. The van der Waals surface area contributed by atoms with Gasteiger partial charge in [0.15, 0.2) is 0 Å². The number of ether oxygens (including phenoxy) is 1. The quantitative estimate of drug-likeness (QED) is 0.281. The van der Waals surface area contributed by atoms with E-state index in [2.05, 4.69) is 15.5 Å². The highest BCUT2D eigenvalue weighted by Crippen LogP contribution is 2.47. The third-order valence-corrected chi connectivity index (χ3v) is 7.07. The molecule has 5 aromatic rings. The average molecular weight is 491 g/mol. The number of halogens is 2. The van der Waals surface area contributed by atoms with Crippen LogP contribution in [-0.4, -0.2) is 22.8 Å². The minimum atomic E-state index is -0.606. The van der Waals surface area contributed by atoms with Gasteiger partial charge in [-0.25, -0.2) is 13.6 Å². The number of cyclic esters (lactones) is 1. The third-order valence-electron chi connectivity index (χ3n) is 7.07. The number of benzene rings is 4. The monoisotopic (exact) mass is 491 g/mol. The molecule has 0 spiro atoms. The second-order valence-corrected chi connectivity index (χ2v) is 9.24. The second-order valence-electron chi connectivity index (χ2n) is 9.24. The Kier molecular flexibility index (Phi) is 4.72. The van der Waals surface area contributed by atoms with E-state index in [-0.39, 0.29) is 18.5 Å². The summed E-state index contributed by atoms with van der Waals surface area (Å²) in [5.41, 5.74) is 8.31. The molecule has 1 aromatic heterocycles. The molecule has 0 bridgehead atoms. The molecule has 37 heavy (non-hydrogen) atoms. The van der Waals surface area contributed by atoms with E-state index in [4.69, 9.17) is 4.74 Å². The van der Waals surface area contributed by atoms with Gasteiger partial charge in [-0.15, -0.1) is 0 Å². The van der Waals surface area contributed by atoms with Crippen molar-refractivity contribution in [2.75, 3.05) is 11.9 Å². The van der Waals surface area contributed by atoms with Gasteiger partial charge in [-0.3, -0.25) is 5.10 Å². The van der Waals surface area contributed by atoms with Gasteiger partial charge < -0.3 is 10.1 Å². The fourth-order valence-electron chi connectivity index (χ4n) is 5.34. The number of fused-ring (bicyclic) bond motifs is 3. The first-order chi connectivity index (χ1) is 18.0. The Balaban J connectivity index is 1.26. The van der Waals surface area contributed by atoms with E-state index in [1.54, 1.807) is 6.20 Å².